The molecule has 0 aliphatic carbocycles. The van der Waals surface area contributed by atoms with E-state index in [1.165, 1.54) is 22.3 Å². The summed E-state index contributed by atoms with van der Waals surface area (Å²) in [6.45, 7) is 10.1. The highest BCUT2D eigenvalue weighted by molar-refractivity contribution is 5.39. The zero-order valence-corrected chi connectivity index (χ0v) is 9.30. The maximum Gasteiger partial charge on any atom is 0.0334 e. The molecule has 0 amide bonds. The van der Waals surface area contributed by atoms with E-state index in [1.807, 2.05) is 6.08 Å². The van der Waals surface area contributed by atoms with Gasteiger partial charge in [0.2, 0.25) is 0 Å². The second kappa shape index (κ2) is 4.43. The highest BCUT2D eigenvalue weighted by atomic mass is 14.6. The molecular formula is C13H19N. The zero-order valence-electron chi connectivity index (χ0n) is 9.30. The second-order valence-electron chi connectivity index (χ2n) is 3.94. The molecule has 2 N–H and O–H groups in total. The van der Waals surface area contributed by atoms with Crippen molar-refractivity contribution in [2.75, 3.05) is 0 Å². The van der Waals surface area contributed by atoms with Gasteiger partial charge in [0.05, 0.1) is 0 Å². The first-order chi connectivity index (χ1) is 6.56. The van der Waals surface area contributed by atoms with E-state index in [2.05, 4.69) is 39.5 Å². The van der Waals surface area contributed by atoms with Crippen LogP contribution in [0.3, 0.4) is 0 Å². The predicted molar refractivity (Wildman–Crippen MR) is 62.4 cm³/mol. The van der Waals surface area contributed by atoms with Crippen molar-refractivity contribution in [3.63, 3.8) is 0 Å². The Morgan fingerprint density at radius 2 is 1.79 bits per heavy atom. The summed E-state index contributed by atoms with van der Waals surface area (Å²) in [5.41, 5.74) is 11.2. The third kappa shape index (κ3) is 2.24. The summed E-state index contributed by atoms with van der Waals surface area (Å²) >= 11 is 0. The lowest BCUT2D eigenvalue weighted by Crippen LogP contribution is -2.12. The van der Waals surface area contributed by atoms with Gasteiger partial charge < -0.3 is 5.73 Å². The van der Waals surface area contributed by atoms with Crippen molar-refractivity contribution in [3.8, 4) is 0 Å². The van der Waals surface area contributed by atoms with Gasteiger partial charge in [0.25, 0.3) is 0 Å². The lowest BCUT2D eigenvalue weighted by Gasteiger charge is -2.16. The van der Waals surface area contributed by atoms with Crippen LogP contribution in [0.2, 0.25) is 0 Å². The molecule has 14 heavy (non-hydrogen) atoms. The third-order valence-corrected chi connectivity index (χ3v) is 2.53. The molecule has 0 saturated heterocycles. The molecule has 0 radical (unpaired) electrons. The van der Waals surface area contributed by atoms with Gasteiger partial charge in [-0.1, -0.05) is 23.8 Å². The number of benzene rings is 1. The van der Waals surface area contributed by atoms with Crippen molar-refractivity contribution >= 4 is 0 Å². The van der Waals surface area contributed by atoms with E-state index in [4.69, 9.17) is 5.73 Å². The number of aryl methyl sites for hydroxylation is 3. The molecule has 0 saturated carbocycles. The fourth-order valence-electron chi connectivity index (χ4n) is 2.07. The molecule has 1 rings (SSSR count). The average molecular weight is 189 g/mol. The van der Waals surface area contributed by atoms with Crippen LogP contribution in [0.15, 0.2) is 24.8 Å². The molecule has 1 unspecified atom stereocenters. The predicted octanol–water partition coefficient (Wildman–Crippen LogP) is 3.19. The summed E-state index contributed by atoms with van der Waals surface area (Å²) < 4.78 is 0. The topological polar surface area (TPSA) is 26.0 Å². The van der Waals surface area contributed by atoms with Gasteiger partial charge in [-0.2, -0.15) is 0 Å². The van der Waals surface area contributed by atoms with Crippen LogP contribution >= 0.6 is 0 Å². The summed E-state index contributed by atoms with van der Waals surface area (Å²) in [6, 6.07) is 4.46. The Balaban J connectivity index is 3.13. The number of rotatable bonds is 3. The van der Waals surface area contributed by atoms with Crippen LogP contribution in [-0.4, -0.2) is 0 Å². The van der Waals surface area contributed by atoms with E-state index in [9.17, 15) is 0 Å². The van der Waals surface area contributed by atoms with Crippen LogP contribution in [-0.2, 0) is 0 Å². The summed E-state index contributed by atoms with van der Waals surface area (Å²) in [5.74, 6) is 0. The second-order valence-corrected chi connectivity index (χ2v) is 3.94. The Hall–Kier alpha value is -1.08. The minimum atomic E-state index is 0.0908. The van der Waals surface area contributed by atoms with Crippen LogP contribution in [0.4, 0.5) is 0 Å². The summed E-state index contributed by atoms with van der Waals surface area (Å²) in [4.78, 5) is 0. The average Bonchev–Trinajstić information content (AvgIpc) is 2.01. The van der Waals surface area contributed by atoms with Gasteiger partial charge in [0, 0.05) is 6.04 Å². The fourth-order valence-corrected chi connectivity index (χ4v) is 2.07. The SMILES string of the molecule is C=CCC(N)c1c(C)cc(C)cc1C. The highest BCUT2D eigenvalue weighted by Crippen LogP contribution is 2.24. The van der Waals surface area contributed by atoms with Crippen molar-refractivity contribution in [2.45, 2.75) is 33.2 Å². The monoisotopic (exact) mass is 189 g/mol. The molecule has 1 atom stereocenters. The van der Waals surface area contributed by atoms with Crippen LogP contribution in [0.1, 0.15) is 34.7 Å². The van der Waals surface area contributed by atoms with Gasteiger partial charge in [-0.05, 0) is 43.9 Å². The molecule has 1 aromatic carbocycles. The zero-order chi connectivity index (χ0) is 10.7. The number of hydrogen-bond acceptors (Lipinski definition) is 1. The van der Waals surface area contributed by atoms with Crippen molar-refractivity contribution < 1.29 is 0 Å². The van der Waals surface area contributed by atoms with Gasteiger partial charge in [0.15, 0.2) is 0 Å². The Kier molecular flexibility index (Phi) is 3.48. The Labute approximate surface area is 86.6 Å². The molecule has 0 heterocycles. The highest BCUT2D eigenvalue weighted by Gasteiger charge is 2.10. The van der Waals surface area contributed by atoms with Gasteiger partial charge in [-0.15, -0.1) is 6.58 Å². The van der Waals surface area contributed by atoms with E-state index >= 15 is 0 Å². The third-order valence-electron chi connectivity index (χ3n) is 2.53. The maximum atomic E-state index is 6.09. The molecule has 0 spiro atoms. The van der Waals surface area contributed by atoms with Crippen molar-refractivity contribution in [3.05, 3.63) is 47.0 Å². The van der Waals surface area contributed by atoms with Crippen molar-refractivity contribution in [2.24, 2.45) is 5.73 Å². The van der Waals surface area contributed by atoms with Crippen molar-refractivity contribution in [1.29, 1.82) is 0 Å². The van der Waals surface area contributed by atoms with Gasteiger partial charge in [-0.25, -0.2) is 0 Å². The normalized spacial score (nSPS) is 12.6. The molecule has 0 aliphatic rings. The largest absolute Gasteiger partial charge is 0.324 e. The van der Waals surface area contributed by atoms with E-state index in [-0.39, 0.29) is 6.04 Å². The first-order valence-corrected chi connectivity index (χ1v) is 5.00. The summed E-state index contributed by atoms with van der Waals surface area (Å²) in [6.07, 6.45) is 2.72. The van der Waals surface area contributed by atoms with E-state index in [0.717, 1.165) is 6.42 Å². The van der Waals surface area contributed by atoms with E-state index in [0.29, 0.717) is 0 Å². The quantitative estimate of drug-likeness (QED) is 0.726. The van der Waals surface area contributed by atoms with Crippen LogP contribution in [0.5, 0.6) is 0 Å². The van der Waals surface area contributed by atoms with E-state index < -0.39 is 0 Å². The molecular weight excluding hydrogens is 170 g/mol. The minimum absolute atomic E-state index is 0.0908. The molecule has 1 heteroatoms. The molecule has 1 aromatic rings. The molecule has 1 nitrogen and oxygen atoms in total. The number of hydrogen-bond donors (Lipinski definition) is 1. The summed E-state index contributed by atoms with van der Waals surface area (Å²) in [7, 11) is 0. The first-order valence-electron chi connectivity index (χ1n) is 5.00. The van der Waals surface area contributed by atoms with Crippen molar-refractivity contribution in [1.82, 2.24) is 0 Å². The standard InChI is InChI=1S/C13H19N/c1-5-6-12(14)13-10(3)7-9(2)8-11(13)4/h5,7-8,12H,1,6,14H2,2-4H3. The lowest BCUT2D eigenvalue weighted by atomic mass is 9.93. The van der Waals surface area contributed by atoms with Gasteiger partial charge >= 0.3 is 0 Å². The lowest BCUT2D eigenvalue weighted by molar-refractivity contribution is 0.729. The Morgan fingerprint density at radius 1 is 1.29 bits per heavy atom. The minimum Gasteiger partial charge on any atom is -0.324 e. The smallest absolute Gasteiger partial charge is 0.0334 e. The van der Waals surface area contributed by atoms with E-state index in [1.54, 1.807) is 0 Å². The molecule has 76 valence electrons. The number of nitrogens with two attached hydrogens (primary N) is 1. The fraction of sp³-hybridized carbons (Fsp3) is 0.385. The molecule has 0 aliphatic heterocycles. The molecule has 0 bridgehead atoms. The van der Waals surface area contributed by atoms with Crippen LogP contribution in [0.25, 0.3) is 0 Å². The molecule has 0 fully saturated rings. The molecule has 0 aromatic heterocycles. The Bertz CT molecular complexity index is 316. The van der Waals surface area contributed by atoms with Crippen LogP contribution in [0, 0.1) is 20.8 Å². The first kappa shape index (κ1) is 11.0. The van der Waals surface area contributed by atoms with Gasteiger partial charge in [-0.3, -0.25) is 0 Å². The summed E-state index contributed by atoms with van der Waals surface area (Å²) in [5, 5.41) is 0. The Morgan fingerprint density at radius 3 is 2.21 bits per heavy atom. The maximum absolute atomic E-state index is 6.09. The van der Waals surface area contributed by atoms with Gasteiger partial charge in [0.1, 0.15) is 0 Å². The van der Waals surface area contributed by atoms with Crippen LogP contribution < -0.4 is 5.73 Å².